The van der Waals surface area contributed by atoms with Crippen LogP contribution in [0.5, 0.6) is 11.5 Å². The number of amides is 1. The third-order valence-corrected chi connectivity index (χ3v) is 6.50. The number of H-pyrrole nitrogens is 1. The van der Waals surface area contributed by atoms with Gasteiger partial charge < -0.3 is 9.47 Å². The summed E-state index contributed by atoms with van der Waals surface area (Å²) in [7, 11) is 3.22. The van der Waals surface area contributed by atoms with Crippen molar-refractivity contribution in [3.63, 3.8) is 0 Å². The van der Waals surface area contributed by atoms with E-state index in [9.17, 15) is 4.79 Å². The van der Waals surface area contributed by atoms with Crippen LogP contribution in [-0.2, 0) is 0 Å². The molecule has 0 radical (unpaired) electrons. The number of hydrogen-bond donors (Lipinski definition) is 1. The van der Waals surface area contributed by atoms with Crippen LogP contribution < -0.4 is 14.4 Å². The number of fused-ring (bicyclic) bond motifs is 1. The smallest absolute Gasteiger partial charge is 0.277 e. The van der Waals surface area contributed by atoms with E-state index in [1.165, 1.54) is 0 Å². The molecule has 33 heavy (non-hydrogen) atoms. The number of benzene rings is 3. The van der Waals surface area contributed by atoms with Crippen LogP contribution in [0.2, 0.25) is 5.02 Å². The van der Waals surface area contributed by atoms with Crippen molar-refractivity contribution in [3.05, 3.63) is 93.0 Å². The molecule has 6 nitrogen and oxygen atoms in total. The number of anilines is 1. The predicted molar refractivity (Wildman–Crippen MR) is 131 cm³/mol. The highest BCUT2D eigenvalue weighted by Gasteiger charge is 2.44. The highest BCUT2D eigenvalue weighted by atomic mass is 79.9. The lowest BCUT2D eigenvalue weighted by atomic mass is 9.95. The standard InChI is InChI=1S/C25H19BrClN3O3/c1-32-18-11-12-20(33-2)19(13-18)24-21-22(14-3-5-15(26)6-4-14)28-29-23(21)25(31)30(24)17-9-7-16(27)8-10-17/h3-13,24H,1-2H3,(H,28,29). The van der Waals surface area contributed by atoms with Gasteiger partial charge in [0, 0.05) is 31.9 Å². The molecule has 1 N–H and O–H groups in total. The van der Waals surface area contributed by atoms with Crippen LogP contribution in [0.1, 0.15) is 27.7 Å². The van der Waals surface area contributed by atoms with Gasteiger partial charge in [0.15, 0.2) is 0 Å². The molecule has 2 heterocycles. The highest BCUT2D eigenvalue weighted by Crippen LogP contribution is 2.48. The SMILES string of the molecule is COc1ccc(OC)c(C2c3c(-c4ccc(Br)cc4)n[nH]c3C(=O)N2c2ccc(Cl)cc2)c1. The summed E-state index contributed by atoms with van der Waals surface area (Å²) in [5.74, 6) is 1.12. The Balaban J connectivity index is 1.76. The number of carbonyl (C=O) groups is 1. The number of nitrogens with zero attached hydrogens (tertiary/aromatic N) is 2. The number of ether oxygens (including phenoxy) is 2. The molecule has 0 saturated carbocycles. The van der Waals surface area contributed by atoms with Gasteiger partial charge in [0.1, 0.15) is 17.2 Å². The molecular weight excluding hydrogens is 506 g/mol. The maximum absolute atomic E-state index is 13.7. The Morgan fingerprint density at radius 3 is 2.39 bits per heavy atom. The quantitative estimate of drug-likeness (QED) is 0.335. The van der Waals surface area contributed by atoms with Crippen LogP contribution >= 0.6 is 27.5 Å². The molecule has 0 spiro atoms. The van der Waals surface area contributed by atoms with Crippen molar-refractivity contribution in [1.82, 2.24) is 10.2 Å². The molecule has 166 valence electrons. The van der Waals surface area contributed by atoms with Gasteiger partial charge in [0.25, 0.3) is 5.91 Å². The van der Waals surface area contributed by atoms with E-state index in [-0.39, 0.29) is 5.91 Å². The Kier molecular flexibility index (Phi) is 5.60. The van der Waals surface area contributed by atoms with Crippen molar-refractivity contribution in [2.75, 3.05) is 19.1 Å². The topological polar surface area (TPSA) is 67.5 Å². The molecule has 5 rings (SSSR count). The Morgan fingerprint density at radius 2 is 1.73 bits per heavy atom. The molecule has 3 aromatic carbocycles. The fraction of sp³-hybridized carbons (Fsp3) is 0.120. The zero-order valence-corrected chi connectivity index (χ0v) is 20.1. The monoisotopic (exact) mass is 523 g/mol. The fourth-order valence-corrected chi connectivity index (χ4v) is 4.58. The first-order valence-corrected chi connectivity index (χ1v) is 11.3. The summed E-state index contributed by atoms with van der Waals surface area (Å²) in [6, 6.07) is 20.1. The second-order valence-corrected chi connectivity index (χ2v) is 8.88. The minimum atomic E-state index is -0.490. The number of hydrogen-bond acceptors (Lipinski definition) is 4. The zero-order valence-electron chi connectivity index (χ0n) is 17.8. The molecule has 1 atom stereocenters. The van der Waals surface area contributed by atoms with Gasteiger partial charge in [-0.1, -0.05) is 39.7 Å². The van der Waals surface area contributed by atoms with Gasteiger partial charge in [-0.2, -0.15) is 5.10 Å². The van der Waals surface area contributed by atoms with E-state index in [2.05, 4.69) is 26.1 Å². The summed E-state index contributed by atoms with van der Waals surface area (Å²) in [5, 5.41) is 8.09. The maximum Gasteiger partial charge on any atom is 0.277 e. The first kappa shape index (κ1) is 21.6. The van der Waals surface area contributed by atoms with E-state index in [0.717, 1.165) is 21.2 Å². The van der Waals surface area contributed by atoms with E-state index < -0.39 is 6.04 Å². The maximum atomic E-state index is 13.7. The number of carbonyl (C=O) groups excluding carboxylic acids is 1. The molecule has 8 heteroatoms. The van der Waals surface area contributed by atoms with Crippen LogP contribution in [0.3, 0.4) is 0 Å². The van der Waals surface area contributed by atoms with E-state index in [1.807, 2.05) is 54.6 Å². The van der Waals surface area contributed by atoms with Gasteiger partial charge in [-0.3, -0.25) is 14.8 Å². The molecule has 1 aliphatic rings. The van der Waals surface area contributed by atoms with Crippen molar-refractivity contribution < 1.29 is 14.3 Å². The Labute approximate surface area is 204 Å². The Morgan fingerprint density at radius 1 is 1.00 bits per heavy atom. The molecule has 1 amide bonds. The Bertz CT molecular complexity index is 1340. The molecule has 1 unspecified atom stereocenters. The van der Waals surface area contributed by atoms with Crippen molar-refractivity contribution >= 4 is 39.1 Å². The molecule has 1 aromatic heterocycles. The normalized spacial score (nSPS) is 15.0. The van der Waals surface area contributed by atoms with Gasteiger partial charge in [-0.05, 0) is 54.6 Å². The third kappa shape index (κ3) is 3.67. The van der Waals surface area contributed by atoms with Crippen molar-refractivity contribution in [3.8, 4) is 22.8 Å². The van der Waals surface area contributed by atoms with Crippen LogP contribution in [0.15, 0.2) is 71.2 Å². The zero-order chi connectivity index (χ0) is 23.1. The van der Waals surface area contributed by atoms with Crippen molar-refractivity contribution in [1.29, 1.82) is 0 Å². The van der Waals surface area contributed by atoms with Crippen molar-refractivity contribution in [2.45, 2.75) is 6.04 Å². The number of methoxy groups -OCH3 is 2. The second-order valence-electron chi connectivity index (χ2n) is 7.53. The summed E-state index contributed by atoms with van der Waals surface area (Å²) in [4.78, 5) is 15.4. The van der Waals surface area contributed by atoms with E-state index >= 15 is 0 Å². The summed E-state index contributed by atoms with van der Waals surface area (Å²) < 4.78 is 12.1. The van der Waals surface area contributed by atoms with Crippen LogP contribution in [-0.4, -0.2) is 30.3 Å². The number of rotatable bonds is 5. The van der Waals surface area contributed by atoms with Crippen LogP contribution in [0.4, 0.5) is 5.69 Å². The first-order valence-electron chi connectivity index (χ1n) is 10.2. The van der Waals surface area contributed by atoms with Crippen LogP contribution in [0, 0.1) is 0 Å². The van der Waals surface area contributed by atoms with Gasteiger partial charge >= 0.3 is 0 Å². The summed E-state index contributed by atoms with van der Waals surface area (Å²) >= 11 is 9.60. The average Bonchev–Trinajstić information content (AvgIpc) is 3.39. The molecule has 0 aliphatic carbocycles. The summed E-state index contributed by atoms with van der Waals surface area (Å²) in [5.41, 5.74) is 4.33. The van der Waals surface area contributed by atoms with Crippen LogP contribution in [0.25, 0.3) is 11.3 Å². The lowest BCUT2D eigenvalue weighted by molar-refractivity contribution is 0.0988. The first-order chi connectivity index (χ1) is 16.0. The predicted octanol–water partition coefficient (Wildman–Crippen LogP) is 6.26. The minimum absolute atomic E-state index is 0.182. The molecule has 1 aliphatic heterocycles. The Hall–Kier alpha value is -3.29. The molecule has 4 aromatic rings. The summed E-state index contributed by atoms with van der Waals surface area (Å²) in [6.07, 6.45) is 0. The molecule has 0 fully saturated rings. The fourth-order valence-electron chi connectivity index (χ4n) is 4.19. The highest BCUT2D eigenvalue weighted by molar-refractivity contribution is 9.10. The second kappa shape index (κ2) is 8.57. The lowest BCUT2D eigenvalue weighted by Gasteiger charge is -2.28. The van der Waals surface area contributed by atoms with Gasteiger partial charge in [-0.15, -0.1) is 0 Å². The molecule has 0 bridgehead atoms. The number of halogens is 2. The largest absolute Gasteiger partial charge is 0.497 e. The summed E-state index contributed by atoms with van der Waals surface area (Å²) in [6.45, 7) is 0. The third-order valence-electron chi connectivity index (χ3n) is 5.72. The van der Waals surface area contributed by atoms with Crippen molar-refractivity contribution in [2.24, 2.45) is 0 Å². The number of aromatic nitrogens is 2. The van der Waals surface area contributed by atoms with Gasteiger partial charge in [-0.25, -0.2) is 0 Å². The lowest BCUT2D eigenvalue weighted by Crippen LogP contribution is -2.29. The number of aromatic amines is 1. The van der Waals surface area contributed by atoms with E-state index in [4.69, 9.17) is 21.1 Å². The average molecular weight is 525 g/mol. The molecular formula is C25H19BrClN3O3. The van der Waals surface area contributed by atoms with E-state index in [0.29, 0.717) is 33.6 Å². The molecule has 0 saturated heterocycles. The minimum Gasteiger partial charge on any atom is -0.497 e. The van der Waals surface area contributed by atoms with Gasteiger partial charge in [0.2, 0.25) is 0 Å². The van der Waals surface area contributed by atoms with E-state index in [1.54, 1.807) is 31.3 Å². The van der Waals surface area contributed by atoms with Gasteiger partial charge in [0.05, 0.1) is 26.0 Å². The number of nitrogens with one attached hydrogen (secondary N) is 1.